The molecule has 0 aromatic rings. The summed E-state index contributed by atoms with van der Waals surface area (Å²) in [5, 5.41) is 0. The second-order valence-electron chi connectivity index (χ2n) is 6.62. The standard InChI is InChI=1S/C17H30N2O/c1-5-14(4)15-8-11-18(12-9-15)17(20)16-7-6-10-19(16)13(2)3/h5,13,15-16H,6-12H2,1-4H3. The fourth-order valence-corrected chi connectivity index (χ4v) is 3.67. The van der Waals surface area contributed by atoms with E-state index in [2.05, 4.69) is 43.6 Å². The van der Waals surface area contributed by atoms with Crippen LogP contribution >= 0.6 is 0 Å². The van der Waals surface area contributed by atoms with Gasteiger partial charge in [-0.05, 0) is 65.8 Å². The zero-order valence-corrected chi connectivity index (χ0v) is 13.6. The molecule has 2 aliphatic rings. The molecule has 0 bridgehead atoms. The summed E-state index contributed by atoms with van der Waals surface area (Å²) in [6, 6.07) is 0.628. The van der Waals surface area contributed by atoms with Crippen molar-refractivity contribution in [2.75, 3.05) is 19.6 Å². The normalized spacial score (nSPS) is 26.6. The maximum Gasteiger partial charge on any atom is 0.239 e. The fourth-order valence-electron chi connectivity index (χ4n) is 3.67. The molecule has 3 nitrogen and oxygen atoms in total. The highest BCUT2D eigenvalue weighted by Gasteiger charge is 2.36. The first kappa shape index (κ1) is 15.6. The van der Waals surface area contributed by atoms with Crippen molar-refractivity contribution in [3.63, 3.8) is 0 Å². The first-order valence-electron chi connectivity index (χ1n) is 8.22. The monoisotopic (exact) mass is 278 g/mol. The Labute approximate surface area is 124 Å². The predicted octanol–water partition coefficient (Wildman–Crippen LogP) is 3.06. The van der Waals surface area contributed by atoms with E-state index in [0.29, 0.717) is 17.9 Å². The molecular formula is C17H30N2O. The molecule has 2 heterocycles. The number of rotatable bonds is 3. The molecule has 0 saturated carbocycles. The van der Waals surface area contributed by atoms with Gasteiger partial charge in [0.25, 0.3) is 0 Å². The van der Waals surface area contributed by atoms with Gasteiger partial charge in [-0.15, -0.1) is 0 Å². The van der Waals surface area contributed by atoms with E-state index in [0.717, 1.165) is 38.9 Å². The van der Waals surface area contributed by atoms with E-state index in [1.54, 1.807) is 0 Å². The smallest absolute Gasteiger partial charge is 0.239 e. The summed E-state index contributed by atoms with van der Waals surface area (Å²) in [6.45, 7) is 11.7. The molecule has 20 heavy (non-hydrogen) atoms. The van der Waals surface area contributed by atoms with E-state index in [4.69, 9.17) is 0 Å². The number of nitrogens with zero attached hydrogens (tertiary/aromatic N) is 2. The lowest BCUT2D eigenvalue weighted by Crippen LogP contribution is -2.50. The second-order valence-corrected chi connectivity index (χ2v) is 6.62. The van der Waals surface area contributed by atoms with Crippen molar-refractivity contribution in [2.45, 2.75) is 65.5 Å². The van der Waals surface area contributed by atoms with Crippen molar-refractivity contribution in [1.29, 1.82) is 0 Å². The minimum atomic E-state index is 0.148. The lowest BCUT2D eigenvalue weighted by molar-refractivity contribution is -0.137. The molecule has 2 fully saturated rings. The predicted molar refractivity (Wildman–Crippen MR) is 83.6 cm³/mol. The van der Waals surface area contributed by atoms with Crippen molar-refractivity contribution in [3.8, 4) is 0 Å². The zero-order chi connectivity index (χ0) is 14.7. The number of carbonyl (C=O) groups excluding carboxylic acids is 1. The Bertz CT molecular complexity index is 367. The van der Waals surface area contributed by atoms with Gasteiger partial charge in [0.15, 0.2) is 0 Å². The molecule has 0 N–H and O–H groups in total. The highest BCUT2D eigenvalue weighted by atomic mass is 16.2. The van der Waals surface area contributed by atoms with Crippen LogP contribution < -0.4 is 0 Å². The molecule has 3 heteroatoms. The minimum Gasteiger partial charge on any atom is -0.341 e. The van der Waals surface area contributed by atoms with E-state index in [1.807, 2.05) is 0 Å². The number of allylic oxidation sites excluding steroid dienone is 2. The van der Waals surface area contributed by atoms with Crippen molar-refractivity contribution < 1.29 is 4.79 Å². The summed E-state index contributed by atoms with van der Waals surface area (Å²) in [7, 11) is 0. The summed E-state index contributed by atoms with van der Waals surface area (Å²) < 4.78 is 0. The third kappa shape index (κ3) is 3.25. The molecule has 1 amide bonds. The molecule has 0 aromatic carbocycles. The molecule has 1 atom stereocenters. The van der Waals surface area contributed by atoms with E-state index in [-0.39, 0.29) is 6.04 Å². The highest BCUT2D eigenvalue weighted by Crippen LogP contribution is 2.27. The van der Waals surface area contributed by atoms with Crippen LogP contribution in [-0.2, 0) is 4.79 Å². The minimum absolute atomic E-state index is 0.148. The Hall–Kier alpha value is -0.830. The molecule has 0 spiro atoms. The number of hydrogen-bond acceptors (Lipinski definition) is 2. The fraction of sp³-hybridized carbons (Fsp3) is 0.824. The molecule has 2 aliphatic heterocycles. The lowest BCUT2D eigenvalue weighted by Gasteiger charge is -2.36. The van der Waals surface area contributed by atoms with Gasteiger partial charge in [-0.2, -0.15) is 0 Å². The Morgan fingerprint density at radius 2 is 1.80 bits per heavy atom. The van der Waals surface area contributed by atoms with Crippen LogP contribution in [0, 0.1) is 5.92 Å². The molecule has 0 aliphatic carbocycles. The van der Waals surface area contributed by atoms with Gasteiger partial charge in [0, 0.05) is 19.1 Å². The highest BCUT2D eigenvalue weighted by molar-refractivity contribution is 5.82. The first-order valence-corrected chi connectivity index (χ1v) is 8.22. The van der Waals surface area contributed by atoms with Crippen LogP contribution in [0.3, 0.4) is 0 Å². The van der Waals surface area contributed by atoms with Gasteiger partial charge in [0.2, 0.25) is 5.91 Å². The molecular weight excluding hydrogens is 248 g/mol. The van der Waals surface area contributed by atoms with Crippen molar-refractivity contribution in [2.24, 2.45) is 5.92 Å². The number of amides is 1. The molecule has 0 aromatic heterocycles. The maximum absolute atomic E-state index is 12.7. The van der Waals surface area contributed by atoms with Crippen LogP contribution in [0.4, 0.5) is 0 Å². The summed E-state index contributed by atoms with van der Waals surface area (Å²) in [4.78, 5) is 17.2. The third-order valence-electron chi connectivity index (χ3n) is 5.15. The Morgan fingerprint density at radius 1 is 1.15 bits per heavy atom. The van der Waals surface area contributed by atoms with Gasteiger partial charge in [-0.25, -0.2) is 0 Å². The lowest BCUT2D eigenvalue weighted by atomic mass is 9.89. The summed E-state index contributed by atoms with van der Waals surface area (Å²) >= 11 is 0. The number of hydrogen-bond donors (Lipinski definition) is 0. The number of likely N-dealkylation sites (tertiary alicyclic amines) is 2. The quantitative estimate of drug-likeness (QED) is 0.741. The SMILES string of the molecule is CC=C(C)C1CCN(C(=O)C2CCCN2C(C)C)CC1. The van der Waals surface area contributed by atoms with Crippen molar-refractivity contribution in [1.82, 2.24) is 9.80 Å². The van der Waals surface area contributed by atoms with E-state index >= 15 is 0 Å². The average molecular weight is 278 g/mol. The molecule has 2 rings (SSSR count). The van der Waals surface area contributed by atoms with E-state index in [9.17, 15) is 4.79 Å². The van der Waals surface area contributed by atoms with Crippen molar-refractivity contribution >= 4 is 5.91 Å². The van der Waals surface area contributed by atoms with Gasteiger partial charge in [0.1, 0.15) is 0 Å². The van der Waals surface area contributed by atoms with Crippen molar-refractivity contribution in [3.05, 3.63) is 11.6 Å². The molecule has 2 saturated heterocycles. The van der Waals surface area contributed by atoms with Crippen LogP contribution in [0.5, 0.6) is 0 Å². The van der Waals surface area contributed by atoms with Crippen LogP contribution in [0.2, 0.25) is 0 Å². The van der Waals surface area contributed by atoms with Crippen LogP contribution in [0.25, 0.3) is 0 Å². The Balaban J connectivity index is 1.92. The average Bonchev–Trinajstić information content (AvgIpc) is 2.95. The summed E-state index contributed by atoms with van der Waals surface area (Å²) in [5.74, 6) is 1.07. The third-order valence-corrected chi connectivity index (χ3v) is 5.15. The van der Waals surface area contributed by atoms with E-state index in [1.165, 1.54) is 12.0 Å². The topological polar surface area (TPSA) is 23.6 Å². The number of carbonyl (C=O) groups is 1. The van der Waals surface area contributed by atoms with Crippen LogP contribution in [0.1, 0.15) is 53.4 Å². The molecule has 0 radical (unpaired) electrons. The summed E-state index contributed by atoms with van der Waals surface area (Å²) in [5.41, 5.74) is 1.49. The zero-order valence-electron chi connectivity index (χ0n) is 13.6. The van der Waals surface area contributed by atoms with Gasteiger partial charge in [-0.1, -0.05) is 11.6 Å². The molecule has 114 valence electrons. The maximum atomic E-state index is 12.7. The Morgan fingerprint density at radius 3 is 2.35 bits per heavy atom. The number of piperidine rings is 1. The van der Waals surface area contributed by atoms with Gasteiger partial charge < -0.3 is 4.90 Å². The largest absolute Gasteiger partial charge is 0.341 e. The van der Waals surface area contributed by atoms with Gasteiger partial charge in [-0.3, -0.25) is 9.69 Å². The molecule has 1 unspecified atom stereocenters. The first-order chi connectivity index (χ1) is 9.54. The second kappa shape index (κ2) is 6.75. The van der Waals surface area contributed by atoms with Crippen LogP contribution in [0.15, 0.2) is 11.6 Å². The summed E-state index contributed by atoms with van der Waals surface area (Å²) in [6.07, 6.45) is 6.71. The van der Waals surface area contributed by atoms with Crippen LogP contribution in [-0.4, -0.2) is 47.4 Å². The van der Waals surface area contributed by atoms with Gasteiger partial charge >= 0.3 is 0 Å². The van der Waals surface area contributed by atoms with Gasteiger partial charge in [0.05, 0.1) is 6.04 Å². The van der Waals surface area contributed by atoms with E-state index < -0.39 is 0 Å². The Kier molecular flexibility index (Phi) is 5.25.